The van der Waals surface area contributed by atoms with Gasteiger partial charge in [0, 0.05) is 35.4 Å². The quantitative estimate of drug-likeness (QED) is 0.383. The number of nitrogens with zero attached hydrogens (tertiary/aromatic N) is 2. The number of ether oxygens (including phenoxy) is 1. The van der Waals surface area contributed by atoms with Crippen molar-refractivity contribution in [2.24, 2.45) is 17.8 Å². The average molecular weight is 486 g/mol. The Labute approximate surface area is 176 Å². The van der Waals surface area contributed by atoms with Gasteiger partial charge in [0.1, 0.15) is 11.4 Å². The number of pyridine rings is 1. The monoisotopic (exact) mass is 486 g/mol. The fraction of sp³-hybridized carbons (Fsp3) is 0.714. The van der Waals surface area contributed by atoms with Crippen molar-refractivity contribution < 1.29 is 14.6 Å². The third-order valence-corrected chi connectivity index (χ3v) is 6.86. The van der Waals surface area contributed by atoms with Crippen molar-refractivity contribution in [3.63, 3.8) is 0 Å². The minimum atomic E-state index is -0.350. The predicted molar refractivity (Wildman–Crippen MR) is 115 cm³/mol. The van der Waals surface area contributed by atoms with Crippen LogP contribution in [0.2, 0.25) is 0 Å². The summed E-state index contributed by atoms with van der Waals surface area (Å²) < 4.78 is 5.87. The molecule has 27 heavy (non-hydrogen) atoms. The maximum absolute atomic E-state index is 12.2. The lowest BCUT2D eigenvalue weighted by Gasteiger charge is -2.40. The van der Waals surface area contributed by atoms with Gasteiger partial charge < -0.3 is 14.7 Å². The van der Waals surface area contributed by atoms with Crippen molar-refractivity contribution in [1.82, 2.24) is 4.98 Å². The molecule has 150 valence electrons. The molecule has 5 nitrogen and oxygen atoms in total. The Balaban J connectivity index is 1.70. The summed E-state index contributed by atoms with van der Waals surface area (Å²) in [5.41, 5.74) is 0.517. The van der Waals surface area contributed by atoms with E-state index in [9.17, 15) is 9.90 Å². The zero-order valence-corrected chi connectivity index (χ0v) is 18.4. The molecule has 1 aromatic rings. The van der Waals surface area contributed by atoms with Gasteiger partial charge in [0.15, 0.2) is 0 Å². The average Bonchev–Trinajstić information content (AvgIpc) is 2.96. The molecule has 1 N–H and O–H groups in total. The zero-order valence-electron chi connectivity index (χ0n) is 16.2. The standard InChI is InChI=1S/C21H31IN2O3/c1-27-21(26)19-11-18(22)12-23-20(19)24-9-8-16(17(13-24)14-25)10-15-6-4-2-3-5-7-15/h11-12,15-17,25H,2-10,13-14H2,1H3. The number of piperidine rings is 1. The van der Waals surface area contributed by atoms with Crippen LogP contribution in [-0.2, 0) is 4.74 Å². The number of aliphatic hydroxyl groups is 1. The lowest BCUT2D eigenvalue weighted by molar-refractivity contribution is 0.0600. The molecule has 2 fully saturated rings. The van der Waals surface area contributed by atoms with Crippen LogP contribution in [0, 0.1) is 21.3 Å². The van der Waals surface area contributed by atoms with Crippen molar-refractivity contribution in [3.8, 4) is 0 Å². The second-order valence-corrected chi connectivity index (χ2v) is 9.29. The number of methoxy groups -OCH3 is 1. The van der Waals surface area contributed by atoms with Crippen LogP contribution in [-0.4, -0.2) is 42.9 Å². The highest BCUT2D eigenvalue weighted by atomic mass is 127. The Hall–Kier alpha value is -0.890. The van der Waals surface area contributed by atoms with Crippen LogP contribution in [0.15, 0.2) is 12.3 Å². The van der Waals surface area contributed by atoms with Gasteiger partial charge in [-0.1, -0.05) is 38.5 Å². The van der Waals surface area contributed by atoms with E-state index < -0.39 is 0 Å². The third-order valence-electron chi connectivity index (χ3n) is 6.27. The van der Waals surface area contributed by atoms with E-state index >= 15 is 0 Å². The molecule has 2 unspecified atom stereocenters. The van der Waals surface area contributed by atoms with Crippen molar-refractivity contribution in [1.29, 1.82) is 0 Å². The molecule has 2 aliphatic rings. The molecule has 2 heterocycles. The Morgan fingerprint density at radius 3 is 2.67 bits per heavy atom. The van der Waals surface area contributed by atoms with Gasteiger partial charge in [-0.3, -0.25) is 0 Å². The summed E-state index contributed by atoms with van der Waals surface area (Å²) in [6, 6.07) is 1.83. The first kappa shape index (κ1) is 20.8. The summed E-state index contributed by atoms with van der Waals surface area (Å²) in [5, 5.41) is 10.0. The molecule has 2 atom stereocenters. The highest BCUT2D eigenvalue weighted by Crippen LogP contribution is 2.36. The largest absolute Gasteiger partial charge is 0.465 e. The smallest absolute Gasteiger partial charge is 0.341 e. The highest BCUT2D eigenvalue weighted by molar-refractivity contribution is 14.1. The number of anilines is 1. The number of hydrogen-bond acceptors (Lipinski definition) is 5. The number of hydrogen-bond donors (Lipinski definition) is 1. The number of rotatable bonds is 5. The first-order chi connectivity index (χ1) is 13.1. The molecule has 0 aromatic carbocycles. The lowest BCUT2D eigenvalue weighted by atomic mass is 9.78. The van der Waals surface area contributed by atoms with Gasteiger partial charge in [-0.25, -0.2) is 9.78 Å². The second kappa shape index (κ2) is 10.0. The van der Waals surface area contributed by atoms with E-state index in [0.29, 0.717) is 17.3 Å². The number of carbonyl (C=O) groups excluding carboxylic acids is 1. The van der Waals surface area contributed by atoms with Crippen LogP contribution in [0.5, 0.6) is 0 Å². The van der Waals surface area contributed by atoms with E-state index in [-0.39, 0.29) is 18.5 Å². The first-order valence-electron chi connectivity index (χ1n) is 10.2. The molecule has 0 spiro atoms. The van der Waals surface area contributed by atoms with E-state index in [1.54, 1.807) is 6.20 Å². The van der Waals surface area contributed by atoms with E-state index in [1.807, 2.05) is 6.07 Å². The maximum Gasteiger partial charge on any atom is 0.341 e. The van der Waals surface area contributed by atoms with E-state index in [0.717, 1.165) is 29.0 Å². The Morgan fingerprint density at radius 1 is 1.26 bits per heavy atom. The molecule has 1 saturated heterocycles. The Kier molecular flexibility index (Phi) is 7.75. The molecule has 1 aliphatic heterocycles. The Morgan fingerprint density at radius 2 is 2.00 bits per heavy atom. The molecular weight excluding hydrogens is 455 g/mol. The minimum Gasteiger partial charge on any atom is -0.465 e. The van der Waals surface area contributed by atoms with Crippen molar-refractivity contribution in [3.05, 3.63) is 21.4 Å². The van der Waals surface area contributed by atoms with Crippen LogP contribution >= 0.6 is 22.6 Å². The highest BCUT2D eigenvalue weighted by Gasteiger charge is 2.33. The van der Waals surface area contributed by atoms with Gasteiger partial charge in [-0.2, -0.15) is 0 Å². The van der Waals surface area contributed by atoms with E-state index in [2.05, 4.69) is 32.5 Å². The molecular formula is C21H31IN2O3. The lowest BCUT2D eigenvalue weighted by Crippen LogP contribution is -2.43. The molecule has 0 bridgehead atoms. The molecule has 0 amide bonds. The molecule has 0 radical (unpaired) electrons. The number of carbonyl (C=O) groups is 1. The summed E-state index contributed by atoms with van der Waals surface area (Å²) in [7, 11) is 1.40. The summed E-state index contributed by atoms with van der Waals surface area (Å²) in [6.45, 7) is 1.84. The summed E-state index contributed by atoms with van der Waals surface area (Å²) >= 11 is 2.16. The summed E-state index contributed by atoms with van der Waals surface area (Å²) in [4.78, 5) is 18.9. The molecule has 1 saturated carbocycles. The maximum atomic E-state index is 12.2. The predicted octanol–water partition coefficient (Wildman–Crippen LogP) is 4.27. The first-order valence-corrected chi connectivity index (χ1v) is 11.3. The van der Waals surface area contributed by atoms with Crippen molar-refractivity contribution in [2.75, 3.05) is 31.7 Å². The van der Waals surface area contributed by atoms with Gasteiger partial charge in [0.25, 0.3) is 0 Å². The summed E-state index contributed by atoms with van der Waals surface area (Å²) in [5.74, 6) is 1.97. The second-order valence-electron chi connectivity index (χ2n) is 8.05. The Bertz CT molecular complexity index is 632. The normalized spacial score (nSPS) is 24.5. The molecule has 6 heteroatoms. The fourth-order valence-corrected chi connectivity index (χ4v) is 5.21. The number of esters is 1. The fourth-order valence-electron chi connectivity index (χ4n) is 4.76. The summed E-state index contributed by atoms with van der Waals surface area (Å²) in [6.07, 6.45) is 12.3. The van der Waals surface area contributed by atoms with Crippen molar-refractivity contribution >= 4 is 34.4 Å². The van der Waals surface area contributed by atoms with Crippen LogP contribution in [0.4, 0.5) is 5.82 Å². The number of halogens is 1. The third kappa shape index (κ3) is 5.34. The topological polar surface area (TPSA) is 62.7 Å². The van der Waals surface area contributed by atoms with E-state index in [4.69, 9.17) is 4.74 Å². The van der Waals surface area contributed by atoms with Crippen LogP contribution in [0.3, 0.4) is 0 Å². The van der Waals surface area contributed by atoms with Gasteiger partial charge in [0.2, 0.25) is 0 Å². The van der Waals surface area contributed by atoms with Gasteiger partial charge >= 0.3 is 5.97 Å². The van der Waals surface area contributed by atoms with Gasteiger partial charge in [-0.05, 0) is 53.3 Å². The van der Waals surface area contributed by atoms with Crippen LogP contribution < -0.4 is 4.90 Å². The van der Waals surface area contributed by atoms with Gasteiger partial charge in [0.05, 0.1) is 7.11 Å². The van der Waals surface area contributed by atoms with Crippen LogP contribution in [0.1, 0.15) is 61.7 Å². The van der Waals surface area contributed by atoms with Gasteiger partial charge in [-0.15, -0.1) is 0 Å². The number of aromatic nitrogens is 1. The molecule has 3 rings (SSSR count). The zero-order chi connectivity index (χ0) is 19.2. The van der Waals surface area contributed by atoms with Crippen molar-refractivity contribution in [2.45, 2.75) is 51.4 Å². The molecule has 1 aromatic heterocycles. The number of aliphatic hydroxyl groups excluding tert-OH is 1. The minimum absolute atomic E-state index is 0.200. The molecule has 1 aliphatic carbocycles. The van der Waals surface area contributed by atoms with Crippen LogP contribution in [0.25, 0.3) is 0 Å². The SMILES string of the molecule is COC(=O)c1cc(I)cnc1N1CCC(CC2CCCCCC2)C(CO)C1. The van der Waals surface area contributed by atoms with E-state index in [1.165, 1.54) is 52.1 Å².